The lowest BCUT2D eigenvalue weighted by Gasteiger charge is -2.25. The van der Waals surface area contributed by atoms with E-state index in [2.05, 4.69) is 5.32 Å². The van der Waals surface area contributed by atoms with Crippen LogP contribution in [-0.4, -0.2) is 40.1 Å². The fourth-order valence-electron chi connectivity index (χ4n) is 3.84. The molecule has 0 bridgehead atoms. The number of sulfonamides is 1. The average Bonchev–Trinajstić information content (AvgIpc) is 2.79. The predicted molar refractivity (Wildman–Crippen MR) is 128 cm³/mol. The summed E-state index contributed by atoms with van der Waals surface area (Å²) in [7, 11) is -3.95. The first-order valence-corrected chi connectivity index (χ1v) is 12.9. The standard InChI is InChI=1S/C24H31ClN2O4S/c1-19-8-5-6-11-23(19)27(32(29,30)22-14-12-20(25)13-15-22)18-24(28)26-16-7-17-31-21-9-3-2-4-10-21/h5-6,8,11-15,21H,2-4,7,9-10,16-18H2,1H3,(H,26,28). The van der Waals surface area contributed by atoms with Crippen molar-refractivity contribution in [3.63, 3.8) is 0 Å². The summed E-state index contributed by atoms with van der Waals surface area (Å²) in [6.07, 6.45) is 6.97. The Morgan fingerprint density at radius 1 is 1.09 bits per heavy atom. The molecule has 0 aromatic heterocycles. The van der Waals surface area contributed by atoms with Gasteiger partial charge in [0.15, 0.2) is 0 Å². The quantitative estimate of drug-likeness (QED) is 0.502. The number of para-hydroxylation sites is 1. The second kappa shape index (κ2) is 11.7. The number of benzene rings is 2. The number of nitrogens with one attached hydrogen (secondary N) is 1. The van der Waals surface area contributed by atoms with E-state index in [0.717, 1.165) is 22.7 Å². The predicted octanol–water partition coefficient (Wildman–Crippen LogP) is 4.70. The highest BCUT2D eigenvalue weighted by Gasteiger charge is 2.28. The number of carbonyl (C=O) groups excluding carboxylic acids is 1. The molecule has 174 valence electrons. The van der Waals surface area contributed by atoms with Crippen LogP contribution in [0.4, 0.5) is 5.69 Å². The van der Waals surface area contributed by atoms with Gasteiger partial charge in [-0.3, -0.25) is 9.10 Å². The number of amides is 1. The van der Waals surface area contributed by atoms with E-state index >= 15 is 0 Å². The van der Waals surface area contributed by atoms with Crippen LogP contribution in [0.1, 0.15) is 44.1 Å². The molecule has 1 amide bonds. The molecule has 0 spiro atoms. The van der Waals surface area contributed by atoms with Crippen LogP contribution >= 0.6 is 11.6 Å². The summed E-state index contributed by atoms with van der Waals surface area (Å²) in [5.74, 6) is -0.358. The number of aryl methyl sites for hydroxylation is 1. The molecule has 0 atom stereocenters. The van der Waals surface area contributed by atoms with Gasteiger partial charge < -0.3 is 10.1 Å². The molecular weight excluding hydrogens is 448 g/mol. The second-order valence-electron chi connectivity index (χ2n) is 8.09. The van der Waals surface area contributed by atoms with Crippen molar-refractivity contribution < 1.29 is 17.9 Å². The zero-order chi connectivity index (χ0) is 23.0. The van der Waals surface area contributed by atoms with E-state index in [9.17, 15) is 13.2 Å². The molecule has 32 heavy (non-hydrogen) atoms. The molecule has 1 aliphatic rings. The zero-order valence-corrected chi connectivity index (χ0v) is 20.0. The fraction of sp³-hybridized carbons (Fsp3) is 0.458. The smallest absolute Gasteiger partial charge is 0.264 e. The van der Waals surface area contributed by atoms with Crippen molar-refractivity contribution in [1.82, 2.24) is 5.32 Å². The molecular formula is C24H31ClN2O4S. The minimum absolute atomic E-state index is 0.0823. The summed E-state index contributed by atoms with van der Waals surface area (Å²) in [5, 5.41) is 3.27. The van der Waals surface area contributed by atoms with Crippen LogP contribution in [0.25, 0.3) is 0 Å². The average molecular weight is 479 g/mol. The van der Waals surface area contributed by atoms with Crippen molar-refractivity contribution in [3.05, 3.63) is 59.1 Å². The Bertz CT molecular complexity index is 989. The fourth-order valence-corrected chi connectivity index (χ4v) is 5.46. The second-order valence-corrected chi connectivity index (χ2v) is 10.4. The summed E-state index contributed by atoms with van der Waals surface area (Å²) in [4.78, 5) is 12.7. The summed E-state index contributed by atoms with van der Waals surface area (Å²) in [6, 6.07) is 13.1. The Morgan fingerprint density at radius 3 is 2.47 bits per heavy atom. The van der Waals surface area contributed by atoms with Crippen molar-refractivity contribution in [1.29, 1.82) is 0 Å². The van der Waals surface area contributed by atoms with Crippen LogP contribution in [0.5, 0.6) is 0 Å². The molecule has 0 saturated heterocycles. The van der Waals surface area contributed by atoms with Crippen LogP contribution in [0.2, 0.25) is 5.02 Å². The van der Waals surface area contributed by atoms with Gasteiger partial charge >= 0.3 is 0 Å². The van der Waals surface area contributed by atoms with E-state index in [1.807, 2.05) is 19.1 Å². The summed E-state index contributed by atoms with van der Waals surface area (Å²) in [5.41, 5.74) is 1.23. The van der Waals surface area contributed by atoms with Crippen molar-refractivity contribution >= 4 is 33.2 Å². The van der Waals surface area contributed by atoms with Gasteiger partial charge in [-0.1, -0.05) is 49.1 Å². The maximum atomic E-state index is 13.4. The van der Waals surface area contributed by atoms with Gasteiger partial charge in [0.2, 0.25) is 5.91 Å². The highest BCUT2D eigenvalue weighted by molar-refractivity contribution is 7.92. The maximum absolute atomic E-state index is 13.4. The lowest BCUT2D eigenvalue weighted by Crippen LogP contribution is -2.41. The summed E-state index contributed by atoms with van der Waals surface area (Å²) >= 11 is 5.92. The summed E-state index contributed by atoms with van der Waals surface area (Å²) in [6.45, 7) is 2.54. The Kier molecular flexibility index (Phi) is 8.96. The maximum Gasteiger partial charge on any atom is 0.264 e. The van der Waals surface area contributed by atoms with Crippen molar-refractivity contribution in [2.75, 3.05) is 24.0 Å². The van der Waals surface area contributed by atoms with Crippen molar-refractivity contribution in [3.8, 4) is 0 Å². The van der Waals surface area contributed by atoms with Crippen molar-refractivity contribution in [2.24, 2.45) is 0 Å². The first kappa shape index (κ1) is 24.6. The molecule has 1 saturated carbocycles. The van der Waals surface area contributed by atoms with Gasteiger partial charge in [-0.15, -0.1) is 0 Å². The number of hydrogen-bond acceptors (Lipinski definition) is 4. The zero-order valence-electron chi connectivity index (χ0n) is 18.4. The number of hydrogen-bond donors (Lipinski definition) is 1. The molecule has 2 aromatic rings. The monoisotopic (exact) mass is 478 g/mol. The number of ether oxygens (including phenoxy) is 1. The van der Waals surface area contributed by atoms with E-state index in [-0.39, 0.29) is 17.3 Å². The van der Waals surface area contributed by atoms with Gasteiger partial charge in [0.05, 0.1) is 16.7 Å². The number of halogens is 1. The van der Waals surface area contributed by atoms with Gasteiger partial charge in [0.25, 0.3) is 10.0 Å². The van der Waals surface area contributed by atoms with E-state index in [1.54, 1.807) is 12.1 Å². The van der Waals surface area contributed by atoms with Crippen LogP contribution in [0, 0.1) is 6.92 Å². The lowest BCUT2D eigenvalue weighted by molar-refractivity contribution is -0.119. The molecule has 1 aliphatic carbocycles. The van der Waals surface area contributed by atoms with E-state index in [0.29, 0.717) is 36.4 Å². The molecule has 0 aliphatic heterocycles. The molecule has 0 unspecified atom stereocenters. The summed E-state index contributed by atoms with van der Waals surface area (Å²) < 4.78 is 33.8. The van der Waals surface area contributed by atoms with Gasteiger partial charge in [-0.05, 0) is 62.1 Å². The van der Waals surface area contributed by atoms with Crippen LogP contribution in [0.3, 0.4) is 0 Å². The molecule has 6 nitrogen and oxygen atoms in total. The van der Waals surface area contributed by atoms with E-state index in [4.69, 9.17) is 16.3 Å². The highest BCUT2D eigenvalue weighted by atomic mass is 35.5. The van der Waals surface area contributed by atoms with Gasteiger partial charge in [-0.25, -0.2) is 8.42 Å². The third-order valence-corrected chi connectivity index (χ3v) is 7.65. The van der Waals surface area contributed by atoms with Crippen LogP contribution in [0.15, 0.2) is 53.4 Å². The van der Waals surface area contributed by atoms with Crippen LogP contribution in [-0.2, 0) is 19.6 Å². The Morgan fingerprint density at radius 2 is 1.78 bits per heavy atom. The van der Waals surface area contributed by atoms with Gasteiger partial charge in [-0.2, -0.15) is 0 Å². The third-order valence-electron chi connectivity index (χ3n) is 5.62. The van der Waals surface area contributed by atoms with Crippen LogP contribution < -0.4 is 9.62 Å². The number of nitrogens with zero attached hydrogens (tertiary/aromatic N) is 1. The Hall–Kier alpha value is -2.09. The molecule has 2 aromatic carbocycles. The highest BCUT2D eigenvalue weighted by Crippen LogP contribution is 2.27. The molecule has 0 radical (unpaired) electrons. The third kappa shape index (κ3) is 6.70. The Labute approximate surface area is 196 Å². The molecule has 0 heterocycles. The molecule has 1 fully saturated rings. The van der Waals surface area contributed by atoms with Crippen molar-refractivity contribution in [2.45, 2.75) is 56.4 Å². The molecule has 3 rings (SSSR count). The Balaban J connectivity index is 1.63. The van der Waals surface area contributed by atoms with Gasteiger partial charge in [0.1, 0.15) is 6.54 Å². The topological polar surface area (TPSA) is 75.7 Å². The van der Waals surface area contributed by atoms with E-state index in [1.165, 1.54) is 43.5 Å². The lowest BCUT2D eigenvalue weighted by atomic mass is 9.98. The molecule has 1 N–H and O–H groups in total. The largest absolute Gasteiger partial charge is 0.378 e. The number of rotatable bonds is 10. The number of carbonyl (C=O) groups is 1. The first-order valence-electron chi connectivity index (χ1n) is 11.1. The number of anilines is 1. The minimum atomic E-state index is -3.95. The molecule has 8 heteroatoms. The minimum Gasteiger partial charge on any atom is -0.378 e. The first-order chi connectivity index (χ1) is 15.4. The SMILES string of the molecule is Cc1ccccc1N(CC(=O)NCCCOC1CCCCC1)S(=O)(=O)c1ccc(Cl)cc1. The van der Waals surface area contributed by atoms with E-state index < -0.39 is 10.0 Å². The van der Waals surface area contributed by atoms with Gasteiger partial charge in [0, 0.05) is 18.2 Å². The normalized spacial score (nSPS) is 14.8.